The third-order valence-corrected chi connectivity index (χ3v) is 4.19. The van der Waals surface area contributed by atoms with Crippen molar-refractivity contribution >= 4 is 17.8 Å². The van der Waals surface area contributed by atoms with Crippen molar-refractivity contribution in [3.63, 3.8) is 0 Å². The molecule has 124 valence electrons. The van der Waals surface area contributed by atoms with Gasteiger partial charge in [0.25, 0.3) is 0 Å². The van der Waals surface area contributed by atoms with Gasteiger partial charge in [0.1, 0.15) is 6.54 Å². The Bertz CT molecular complexity index is 605. The first-order valence-electron chi connectivity index (χ1n) is 7.50. The molecular formula is C15H21N5O2S. The van der Waals surface area contributed by atoms with Gasteiger partial charge in [-0.25, -0.2) is 4.79 Å². The van der Waals surface area contributed by atoms with Crippen LogP contribution in [0, 0.1) is 0 Å². The van der Waals surface area contributed by atoms with Gasteiger partial charge in [-0.1, -0.05) is 12.1 Å². The smallest absolute Gasteiger partial charge is 0.317 e. The maximum atomic E-state index is 12.0. The van der Waals surface area contributed by atoms with Crippen LogP contribution in [-0.2, 0) is 6.54 Å². The largest absolute Gasteiger partial charge is 0.337 e. The summed E-state index contributed by atoms with van der Waals surface area (Å²) in [6.45, 7) is 3.07. The summed E-state index contributed by atoms with van der Waals surface area (Å²) in [4.78, 5) is 21.7. The molecule has 23 heavy (non-hydrogen) atoms. The van der Waals surface area contributed by atoms with Crippen molar-refractivity contribution in [1.29, 1.82) is 0 Å². The van der Waals surface area contributed by atoms with E-state index in [2.05, 4.69) is 27.4 Å². The quantitative estimate of drug-likeness (QED) is 0.746. The first-order chi connectivity index (χ1) is 11.2. The zero-order valence-corrected chi connectivity index (χ0v) is 14.2. The standard InChI is InChI=1S/C15H21N5O2S/c1-3-9-23-10-8-17-15(21)20(2)11-13-18-14(19-22-13)12-4-6-16-7-5-12/h4-7H,3,8-11H2,1-2H3,(H,17,21). The van der Waals surface area contributed by atoms with Crippen molar-refractivity contribution in [3.05, 3.63) is 30.4 Å². The number of hydrogen-bond acceptors (Lipinski definition) is 6. The Hall–Kier alpha value is -2.09. The van der Waals surface area contributed by atoms with Gasteiger partial charge in [0.2, 0.25) is 11.7 Å². The fourth-order valence-corrected chi connectivity index (χ4v) is 2.56. The highest BCUT2D eigenvalue weighted by molar-refractivity contribution is 7.99. The fourth-order valence-electron chi connectivity index (χ4n) is 1.82. The Balaban J connectivity index is 1.80. The molecule has 2 amide bonds. The van der Waals surface area contributed by atoms with Crippen molar-refractivity contribution in [3.8, 4) is 11.4 Å². The minimum atomic E-state index is -0.147. The molecule has 2 aromatic heterocycles. The molecule has 0 aliphatic carbocycles. The Morgan fingerprint density at radius 2 is 2.13 bits per heavy atom. The number of carbonyl (C=O) groups is 1. The number of aromatic nitrogens is 3. The molecule has 0 fully saturated rings. The third-order valence-electron chi connectivity index (χ3n) is 3.00. The summed E-state index contributed by atoms with van der Waals surface area (Å²) >= 11 is 1.83. The van der Waals surface area contributed by atoms with Crippen LogP contribution >= 0.6 is 11.8 Å². The van der Waals surface area contributed by atoms with Crippen LogP contribution in [0.5, 0.6) is 0 Å². The average molecular weight is 335 g/mol. The first-order valence-corrected chi connectivity index (χ1v) is 8.66. The van der Waals surface area contributed by atoms with E-state index in [9.17, 15) is 4.79 Å². The lowest BCUT2D eigenvalue weighted by atomic mass is 10.2. The van der Waals surface area contributed by atoms with E-state index in [-0.39, 0.29) is 12.6 Å². The van der Waals surface area contributed by atoms with E-state index in [1.54, 1.807) is 31.6 Å². The van der Waals surface area contributed by atoms with Gasteiger partial charge in [0, 0.05) is 37.3 Å². The van der Waals surface area contributed by atoms with Gasteiger partial charge >= 0.3 is 6.03 Å². The fraction of sp³-hybridized carbons (Fsp3) is 0.467. The number of nitrogens with one attached hydrogen (secondary N) is 1. The van der Waals surface area contributed by atoms with Crippen LogP contribution in [0.4, 0.5) is 4.79 Å². The minimum Gasteiger partial charge on any atom is -0.337 e. The molecule has 7 nitrogen and oxygen atoms in total. The van der Waals surface area contributed by atoms with E-state index < -0.39 is 0 Å². The van der Waals surface area contributed by atoms with E-state index in [0.717, 1.165) is 23.5 Å². The van der Waals surface area contributed by atoms with Crippen LogP contribution in [0.25, 0.3) is 11.4 Å². The molecule has 0 bridgehead atoms. The molecule has 0 spiro atoms. The zero-order valence-electron chi connectivity index (χ0n) is 13.4. The topological polar surface area (TPSA) is 84.2 Å². The molecule has 0 saturated carbocycles. The van der Waals surface area contributed by atoms with Crippen molar-refractivity contribution < 1.29 is 9.32 Å². The highest BCUT2D eigenvalue weighted by Crippen LogP contribution is 2.14. The first kappa shape index (κ1) is 17.3. The SMILES string of the molecule is CCCSCCNC(=O)N(C)Cc1nc(-c2ccncc2)no1. The maximum Gasteiger partial charge on any atom is 0.317 e. The molecule has 2 aromatic rings. The minimum absolute atomic E-state index is 0.147. The van der Waals surface area contributed by atoms with E-state index >= 15 is 0 Å². The Labute approximate surface area is 139 Å². The number of nitrogens with zero attached hydrogens (tertiary/aromatic N) is 4. The molecule has 0 aliphatic heterocycles. The molecule has 2 rings (SSSR count). The molecule has 8 heteroatoms. The molecular weight excluding hydrogens is 314 g/mol. The van der Waals surface area contributed by atoms with Crippen LogP contribution in [0.15, 0.2) is 29.0 Å². The van der Waals surface area contributed by atoms with Crippen molar-refractivity contribution in [1.82, 2.24) is 25.3 Å². The number of thioether (sulfide) groups is 1. The molecule has 0 saturated heterocycles. The second-order valence-corrected chi connectivity index (χ2v) is 6.17. The lowest BCUT2D eigenvalue weighted by Crippen LogP contribution is -2.37. The maximum absolute atomic E-state index is 12.0. The van der Waals surface area contributed by atoms with E-state index in [0.29, 0.717) is 18.3 Å². The highest BCUT2D eigenvalue weighted by atomic mass is 32.2. The highest BCUT2D eigenvalue weighted by Gasteiger charge is 2.14. The van der Waals surface area contributed by atoms with Gasteiger partial charge in [0.05, 0.1) is 0 Å². The predicted octanol–water partition coefficient (Wildman–Crippen LogP) is 2.42. The Morgan fingerprint density at radius 1 is 1.35 bits per heavy atom. The van der Waals surface area contributed by atoms with E-state index in [1.807, 2.05) is 11.8 Å². The summed E-state index contributed by atoms with van der Waals surface area (Å²) in [6, 6.07) is 3.46. The number of pyridine rings is 1. The van der Waals surface area contributed by atoms with Gasteiger partial charge in [0.15, 0.2) is 0 Å². The average Bonchev–Trinajstić information content (AvgIpc) is 3.03. The van der Waals surface area contributed by atoms with Crippen molar-refractivity contribution in [2.45, 2.75) is 19.9 Å². The van der Waals surface area contributed by atoms with Gasteiger partial charge in [-0.2, -0.15) is 16.7 Å². The van der Waals surface area contributed by atoms with Crippen LogP contribution in [-0.4, -0.2) is 51.2 Å². The second kappa shape index (κ2) is 9.14. The van der Waals surface area contributed by atoms with E-state index in [4.69, 9.17) is 4.52 Å². The number of rotatable bonds is 8. The third kappa shape index (κ3) is 5.55. The number of hydrogen-bond donors (Lipinski definition) is 1. The van der Waals surface area contributed by atoms with Gasteiger partial charge in [-0.3, -0.25) is 4.98 Å². The zero-order chi connectivity index (χ0) is 16.5. The van der Waals surface area contributed by atoms with Crippen LogP contribution in [0.1, 0.15) is 19.2 Å². The summed E-state index contributed by atoms with van der Waals surface area (Å²) in [7, 11) is 1.70. The van der Waals surface area contributed by atoms with Crippen molar-refractivity contribution in [2.24, 2.45) is 0 Å². The molecule has 0 unspecified atom stereocenters. The second-order valence-electron chi connectivity index (χ2n) is 4.95. The molecule has 1 N–H and O–H groups in total. The molecule has 0 aliphatic rings. The monoisotopic (exact) mass is 335 g/mol. The lowest BCUT2D eigenvalue weighted by Gasteiger charge is -2.15. The van der Waals surface area contributed by atoms with Crippen LogP contribution in [0.3, 0.4) is 0 Å². The van der Waals surface area contributed by atoms with Crippen molar-refractivity contribution in [2.75, 3.05) is 25.1 Å². The molecule has 0 atom stereocenters. The predicted molar refractivity (Wildman–Crippen MR) is 90.0 cm³/mol. The van der Waals surface area contributed by atoms with Gasteiger partial charge < -0.3 is 14.7 Å². The van der Waals surface area contributed by atoms with Gasteiger partial charge in [-0.05, 0) is 24.3 Å². The summed E-state index contributed by atoms with van der Waals surface area (Å²) in [5.74, 6) is 2.92. The Morgan fingerprint density at radius 3 is 2.87 bits per heavy atom. The summed E-state index contributed by atoms with van der Waals surface area (Å²) in [6.07, 6.45) is 4.48. The summed E-state index contributed by atoms with van der Waals surface area (Å²) < 4.78 is 5.19. The van der Waals surface area contributed by atoms with Gasteiger partial charge in [-0.15, -0.1) is 0 Å². The van der Waals surface area contributed by atoms with Crippen LogP contribution < -0.4 is 5.32 Å². The summed E-state index contributed by atoms with van der Waals surface area (Å²) in [5.41, 5.74) is 0.829. The number of carbonyl (C=O) groups excluding carboxylic acids is 1. The molecule has 2 heterocycles. The van der Waals surface area contributed by atoms with E-state index in [1.165, 1.54) is 4.90 Å². The molecule has 0 radical (unpaired) electrons. The number of amides is 2. The molecule has 0 aromatic carbocycles. The normalized spacial score (nSPS) is 10.5. The van der Waals surface area contributed by atoms with Crippen LogP contribution in [0.2, 0.25) is 0 Å². The Kier molecular flexibility index (Phi) is 6.86. The summed E-state index contributed by atoms with van der Waals surface area (Å²) in [5, 5.41) is 6.79. The lowest BCUT2D eigenvalue weighted by molar-refractivity contribution is 0.200. The number of urea groups is 1.